The molecular formula is C29H38BN3O. The van der Waals surface area contributed by atoms with E-state index in [4.69, 9.17) is 4.74 Å². The van der Waals surface area contributed by atoms with Crippen molar-refractivity contribution in [2.75, 3.05) is 26.7 Å². The quantitative estimate of drug-likeness (QED) is 0.649. The molecule has 2 aromatic carbocycles. The predicted octanol–water partition coefficient (Wildman–Crippen LogP) is 2.69. The van der Waals surface area contributed by atoms with Gasteiger partial charge >= 0.3 is 0 Å². The second kappa shape index (κ2) is 8.48. The molecule has 2 aromatic rings. The summed E-state index contributed by atoms with van der Waals surface area (Å²) in [7, 11) is 2.29. The zero-order valence-corrected chi connectivity index (χ0v) is 20.5. The number of benzene rings is 2. The van der Waals surface area contributed by atoms with Gasteiger partial charge in [-0.1, -0.05) is 71.9 Å². The molecule has 0 aromatic heterocycles. The second-order valence-electron chi connectivity index (χ2n) is 11.5. The van der Waals surface area contributed by atoms with E-state index in [9.17, 15) is 0 Å². The second-order valence-corrected chi connectivity index (χ2v) is 11.5. The summed E-state index contributed by atoms with van der Waals surface area (Å²) in [5, 5.41) is 8.04. The molecule has 0 radical (unpaired) electrons. The average molecular weight is 455 g/mol. The largest absolute Gasteiger partial charge is 0.344 e. The molecule has 4 nitrogen and oxygen atoms in total. The number of fused-ring (bicyclic) bond motifs is 8. The SMILES string of the molecule is CN1CCCC2C1OC1NCCCC1C21c2ccccc2B(c2ccccc2)C2CCCNC21. The third kappa shape index (κ3) is 3.00. The summed E-state index contributed by atoms with van der Waals surface area (Å²) in [6, 6.07) is 21.5. The van der Waals surface area contributed by atoms with Crippen LogP contribution in [0, 0.1) is 11.8 Å². The molecular weight excluding hydrogens is 417 g/mol. The zero-order valence-electron chi connectivity index (χ0n) is 20.5. The van der Waals surface area contributed by atoms with E-state index >= 15 is 0 Å². The Kier molecular flexibility index (Phi) is 5.39. The van der Waals surface area contributed by atoms with Crippen LogP contribution in [0.1, 0.15) is 44.1 Å². The number of hydrogen-bond donors (Lipinski definition) is 2. The first-order valence-corrected chi connectivity index (χ1v) is 13.8. The average Bonchev–Trinajstić information content (AvgIpc) is 2.90. The molecule has 2 N–H and O–H groups in total. The Morgan fingerprint density at radius 3 is 2.56 bits per heavy atom. The maximum absolute atomic E-state index is 6.93. The third-order valence-electron chi connectivity index (χ3n) is 10.1. The summed E-state index contributed by atoms with van der Waals surface area (Å²) in [5.74, 6) is 1.67. The van der Waals surface area contributed by atoms with Crippen molar-refractivity contribution >= 4 is 17.6 Å². The van der Waals surface area contributed by atoms with Crippen molar-refractivity contribution in [3.8, 4) is 0 Å². The smallest absolute Gasteiger partial charge is 0.214 e. The van der Waals surface area contributed by atoms with Crippen molar-refractivity contribution in [1.29, 1.82) is 0 Å². The number of hydrogen-bond acceptors (Lipinski definition) is 4. The lowest BCUT2D eigenvalue weighted by molar-refractivity contribution is -0.244. The maximum atomic E-state index is 6.93. The molecule has 7 unspecified atom stereocenters. The molecule has 4 saturated heterocycles. The van der Waals surface area contributed by atoms with E-state index < -0.39 is 0 Å². The van der Waals surface area contributed by atoms with Gasteiger partial charge in [0, 0.05) is 29.8 Å². The van der Waals surface area contributed by atoms with E-state index in [1.165, 1.54) is 44.0 Å². The van der Waals surface area contributed by atoms with E-state index in [-0.39, 0.29) is 17.9 Å². The molecule has 1 spiro atoms. The molecule has 5 aliphatic heterocycles. The fourth-order valence-electron chi connectivity index (χ4n) is 9.03. The summed E-state index contributed by atoms with van der Waals surface area (Å²) in [4.78, 5) is 2.52. The van der Waals surface area contributed by atoms with Gasteiger partial charge in [0.25, 0.3) is 0 Å². The van der Waals surface area contributed by atoms with Crippen LogP contribution in [-0.2, 0) is 10.2 Å². The van der Waals surface area contributed by atoms with E-state index in [1.807, 2.05) is 0 Å². The molecule has 5 aliphatic rings. The van der Waals surface area contributed by atoms with Crippen LogP contribution in [0.15, 0.2) is 54.6 Å². The maximum Gasteiger partial charge on any atom is 0.214 e. The number of rotatable bonds is 1. The van der Waals surface area contributed by atoms with Gasteiger partial charge in [-0.25, -0.2) is 0 Å². The Morgan fingerprint density at radius 2 is 1.65 bits per heavy atom. The summed E-state index contributed by atoms with van der Waals surface area (Å²) in [5.41, 5.74) is 4.83. The Labute approximate surface area is 204 Å². The van der Waals surface area contributed by atoms with E-state index in [1.54, 1.807) is 11.0 Å². The summed E-state index contributed by atoms with van der Waals surface area (Å²) in [6.07, 6.45) is 8.00. The highest BCUT2D eigenvalue weighted by atomic mass is 16.5. The highest BCUT2D eigenvalue weighted by molar-refractivity contribution is 6.87. The van der Waals surface area contributed by atoms with Gasteiger partial charge in [-0.3, -0.25) is 10.2 Å². The van der Waals surface area contributed by atoms with Crippen LogP contribution in [0.3, 0.4) is 0 Å². The van der Waals surface area contributed by atoms with Gasteiger partial charge in [-0.2, -0.15) is 0 Å². The number of nitrogens with zero attached hydrogens (tertiary/aromatic N) is 1. The Hall–Kier alpha value is -1.66. The molecule has 0 bridgehead atoms. The van der Waals surface area contributed by atoms with Crippen LogP contribution in [0.25, 0.3) is 0 Å². The summed E-state index contributed by atoms with van der Waals surface area (Å²) < 4.78 is 6.93. The number of likely N-dealkylation sites (tertiary alicyclic amines) is 1. The highest BCUT2D eigenvalue weighted by Crippen LogP contribution is 2.59. The molecule has 5 heterocycles. The third-order valence-corrected chi connectivity index (χ3v) is 10.1. The minimum Gasteiger partial charge on any atom is -0.344 e. The molecule has 7 atom stereocenters. The first kappa shape index (κ1) is 21.6. The zero-order chi connectivity index (χ0) is 22.7. The summed E-state index contributed by atoms with van der Waals surface area (Å²) >= 11 is 0. The number of nitrogens with one attached hydrogen (secondary N) is 2. The lowest BCUT2D eigenvalue weighted by atomic mass is 9.24. The van der Waals surface area contributed by atoms with Gasteiger partial charge in [0.1, 0.15) is 12.5 Å². The van der Waals surface area contributed by atoms with Gasteiger partial charge < -0.3 is 10.1 Å². The minimum atomic E-state index is 0.114. The molecule has 178 valence electrons. The first-order valence-electron chi connectivity index (χ1n) is 13.8. The molecule has 5 heteroatoms. The van der Waals surface area contributed by atoms with E-state index in [0.717, 1.165) is 19.6 Å². The predicted molar refractivity (Wildman–Crippen MR) is 139 cm³/mol. The van der Waals surface area contributed by atoms with Gasteiger partial charge in [0.05, 0.1) is 0 Å². The molecule has 7 rings (SSSR count). The van der Waals surface area contributed by atoms with Crippen molar-refractivity contribution in [2.24, 2.45) is 11.8 Å². The van der Waals surface area contributed by atoms with Crippen molar-refractivity contribution in [3.05, 3.63) is 60.2 Å². The Morgan fingerprint density at radius 1 is 0.882 bits per heavy atom. The highest BCUT2D eigenvalue weighted by Gasteiger charge is 2.66. The van der Waals surface area contributed by atoms with Crippen LogP contribution >= 0.6 is 0 Å². The van der Waals surface area contributed by atoms with Crippen molar-refractivity contribution in [3.63, 3.8) is 0 Å². The van der Waals surface area contributed by atoms with Crippen molar-refractivity contribution in [1.82, 2.24) is 15.5 Å². The van der Waals surface area contributed by atoms with Crippen LogP contribution in [0.5, 0.6) is 0 Å². The lowest BCUT2D eigenvalue weighted by Crippen LogP contribution is -2.78. The topological polar surface area (TPSA) is 36.5 Å². The summed E-state index contributed by atoms with van der Waals surface area (Å²) in [6.45, 7) is 3.84. The number of piperidine rings is 3. The first-order chi connectivity index (χ1) is 16.8. The van der Waals surface area contributed by atoms with Gasteiger partial charge in [-0.15, -0.1) is 0 Å². The van der Waals surface area contributed by atoms with E-state index in [2.05, 4.69) is 77.2 Å². The molecule has 0 amide bonds. The van der Waals surface area contributed by atoms with Crippen LogP contribution in [0.4, 0.5) is 0 Å². The Balaban J connectivity index is 1.49. The van der Waals surface area contributed by atoms with E-state index in [0.29, 0.717) is 30.4 Å². The van der Waals surface area contributed by atoms with Crippen LogP contribution in [-0.4, -0.2) is 56.8 Å². The minimum absolute atomic E-state index is 0.114. The lowest BCUT2D eigenvalue weighted by Gasteiger charge is -2.67. The van der Waals surface area contributed by atoms with Gasteiger partial charge in [0.15, 0.2) is 0 Å². The normalized spacial score (nSPS) is 39.6. The monoisotopic (exact) mass is 455 g/mol. The molecule has 34 heavy (non-hydrogen) atoms. The van der Waals surface area contributed by atoms with Crippen LogP contribution < -0.4 is 21.6 Å². The van der Waals surface area contributed by atoms with Crippen molar-refractivity contribution < 1.29 is 4.74 Å². The molecule has 4 fully saturated rings. The van der Waals surface area contributed by atoms with Crippen molar-refractivity contribution in [2.45, 2.75) is 68.3 Å². The standard InChI is InChI=1S/C29H38BN3O/c1-33-19-9-14-23-28(33)34-27-22(13-7-18-32-27)29(23)21-12-5-6-15-24(21)30(20-10-3-2-4-11-20)25-16-8-17-31-26(25)29/h2-6,10-12,15,22-23,25-28,31-32H,7-9,13-14,16-19H2,1H3. The molecule has 0 aliphatic carbocycles. The van der Waals surface area contributed by atoms with Crippen LogP contribution in [0.2, 0.25) is 5.82 Å². The Bertz CT molecular complexity index is 1030. The fourth-order valence-corrected chi connectivity index (χ4v) is 9.03. The van der Waals surface area contributed by atoms with Gasteiger partial charge in [-0.05, 0) is 63.6 Å². The number of ether oxygens (including phenoxy) is 1. The van der Waals surface area contributed by atoms with Gasteiger partial charge in [0.2, 0.25) is 6.71 Å². The fraction of sp³-hybridized carbons (Fsp3) is 0.586. The molecule has 0 saturated carbocycles.